The number of aliphatic imine (C=N–C) groups is 1. The summed E-state index contributed by atoms with van der Waals surface area (Å²) in [6, 6.07) is 5.25. The highest BCUT2D eigenvalue weighted by Crippen LogP contribution is 2.42. The number of fused-ring (bicyclic) bond motifs is 2. The molecule has 6 rings (SSSR count). The zero-order chi connectivity index (χ0) is 59.8. The number of amides is 4. The van der Waals surface area contributed by atoms with Crippen molar-refractivity contribution in [3.05, 3.63) is 100 Å². The normalized spacial score (nSPS) is 18.8. The first-order valence-electron chi connectivity index (χ1n) is 25.2. The molecule has 0 radical (unpaired) electrons. The van der Waals surface area contributed by atoms with E-state index in [1.165, 1.54) is 24.3 Å². The largest absolute Gasteiger partial charge is 0.453 e. The Balaban J connectivity index is 1.32. The highest BCUT2D eigenvalue weighted by molar-refractivity contribution is 6.09. The van der Waals surface area contributed by atoms with Gasteiger partial charge >= 0.3 is 31.1 Å². The summed E-state index contributed by atoms with van der Waals surface area (Å²) in [6.45, 7) is -0.0148. The van der Waals surface area contributed by atoms with Crippen LogP contribution in [0.5, 0.6) is 0 Å². The number of nitrogens with two attached hydrogens (primary N) is 1. The maximum atomic E-state index is 16.0. The van der Waals surface area contributed by atoms with Crippen LogP contribution < -0.4 is 32.0 Å². The number of anilines is 1. The summed E-state index contributed by atoms with van der Waals surface area (Å²) < 4.78 is 159. The number of carbonyl (C=O) groups is 4. The van der Waals surface area contributed by atoms with Crippen LogP contribution in [0, 0.1) is 34.3 Å². The molecule has 1 aromatic heterocycles. The Morgan fingerprint density at radius 3 is 1.83 bits per heavy atom. The number of piperazine rings is 1. The van der Waals surface area contributed by atoms with Crippen LogP contribution in [0.4, 0.5) is 59.3 Å². The number of hydrogen-bond donors (Lipinski definition) is 6. The number of hydrogen-bond acceptors (Lipinski definition) is 14. The van der Waals surface area contributed by atoms with Crippen molar-refractivity contribution < 1.29 is 82.4 Å². The number of methoxy groups -OCH3 is 2. The molecule has 0 saturated carbocycles. The van der Waals surface area contributed by atoms with Crippen LogP contribution in [-0.2, 0) is 36.8 Å². The molecule has 81 heavy (non-hydrogen) atoms. The van der Waals surface area contributed by atoms with Crippen LogP contribution in [-0.4, -0.2) is 159 Å². The highest BCUT2D eigenvalue weighted by Gasteiger charge is 2.57. The van der Waals surface area contributed by atoms with Gasteiger partial charge in [0.25, 0.3) is 5.91 Å². The molecule has 3 aliphatic rings. The predicted molar refractivity (Wildman–Crippen MR) is 274 cm³/mol. The first-order chi connectivity index (χ1) is 38.0. The number of aliphatic hydroxyl groups is 1. The van der Waals surface area contributed by atoms with Gasteiger partial charge in [0.15, 0.2) is 0 Å². The molecule has 3 saturated heterocycles. The second-order valence-corrected chi connectivity index (χ2v) is 20.7. The average molecular weight is 1160 g/mol. The van der Waals surface area contributed by atoms with Gasteiger partial charge in [-0.2, -0.15) is 35.1 Å². The minimum atomic E-state index is -5.24. The Bertz CT molecular complexity index is 2800. The van der Waals surface area contributed by atoms with Crippen LogP contribution in [0.3, 0.4) is 0 Å². The third kappa shape index (κ3) is 15.4. The Morgan fingerprint density at radius 1 is 0.827 bits per heavy atom. The number of carbonyl (C=O) groups excluding carboxylic acids is 4. The molecular formula is C53H62F10N10O8. The maximum Gasteiger partial charge on any atom is 0.407 e. The van der Waals surface area contributed by atoms with Crippen LogP contribution >= 0.6 is 0 Å². The highest BCUT2D eigenvalue weighted by atomic mass is 19.4. The van der Waals surface area contributed by atoms with Crippen molar-refractivity contribution in [2.75, 3.05) is 52.0 Å². The topological polar surface area (TPSA) is 225 Å². The summed E-state index contributed by atoms with van der Waals surface area (Å²) in [7, 11) is 1.59. The lowest BCUT2D eigenvalue weighted by molar-refractivity contribution is -0.221. The number of pyridine rings is 1. The third-order valence-electron chi connectivity index (χ3n) is 14.5. The first kappa shape index (κ1) is 63.0. The van der Waals surface area contributed by atoms with Crippen molar-refractivity contribution in [1.29, 1.82) is 0 Å². The Hall–Kier alpha value is -7.22. The van der Waals surface area contributed by atoms with Gasteiger partial charge in [-0.3, -0.25) is 19.9 Å². The molecule has 2 aromatic carbocycles. The fourth-order valence-corrected chi connectivity index (χ4v) is 9.34. The number of allylic oxidation sites excluding steroid dienone is 1. The predicted octanol–water partition coefficient (Wildman–Crippen LogP) is 5.95. The minimum Gasteiger partial charge on any atom is -0.453 e. The SMILES string of the molecule is COC(=O)N[C@H](C(=O)N[C@@H](Cc1ccc(C#Cc2ccc(N3C4CCC3CN(C3COC3)C4)nc2)cc1)[C@@H](O)CN(Cc1c(F)cc(C(=C/N)/C=N/C(F)F)cc1F)NC(=O)[C@@H](NC(=O)OC)C(C)(C)C(F)(F)F)C(C)(C)C(F)(F)F. The zero-order valence-electron chi connectivity index (χ0n) is 44.7. The lowest BCUT2D eigenvalue weighted by atomic mass is 9.82. The van der Waals surface area contributed by atoms with Gasteiger partial charge in [-0.1, -0.05) is 24.0 Å². The van der Waals surface area contributed by atoms with Crippen LogP contribution in [0.15, 0.2) is 65.9 Å². The van der Waals surface area contributed by atoms with Crippen molar-refractivity contribution in [2.45, 2.75) is 115 Å². The molecule has 4 amide bonds. The number of aliphatic hydroxyl groups excluding tert-OH is 1. The van der Waals surface area contributed by atoms with Gasteiger partial charge in [-0.05, 0) is 94.5 Å². The number of benzene rings is 2. The number of rotatable bonds is 20. The molecule has 442 valence electrons. The van der Waals surface area contributed by atoms with Crippen molar-refractivity contribution >= 4 is 41.6 Å². The van der Waals surface area contributed by atoms with Gasteiger partial charge in [0.1, 0.15) is 29.5 Å². The van der Waals surface area contributed by atoms with Gasteiger partial charge in [0, 0.05) is 79.1 Å². The fraction of sp³-hybridized carbons (Fsp3) is 0.509. The Kier molecular flexibility index (Phi) is 20.3. The molecule has 0 spiro atoms. The van der Waals surface area contributed by atoms with E-state index in [2.05, 4.69) is 41.4 Å². The van der Waals surface area contributed by atoms with Gasteiger partial charge < -0.3 is 45.9 Å². The van der Waals surface area contributed by atoms with Crippen molar-refractivity contribution in [3.8, 4) is 11.8 Å². The minimum absolute atomic E-state index is 0.264. The molecule has 3 fully saturated rings. The summed E-state index contributed by atoms with van der Waals surface area (Å²) in [5, 5.41) is 18.4. The summed E-state index contributed by atoms with van der Waals surface area (Å²) in [4.78, 5) is 65.2. The average Bonchev–Trinajstić information content (AvgIpc) is 3.73. The lowest BCUT2D eigenvalue weighted by Crippen LogP contribution is -2.63. The van der Waals surface area contributed by atoms with Gasteiger partial charge in [0.05, 0.1) is 56.5 Å². The Labute approximate surface area is 459 Å². The summed E-state index contributed by atoms with van der Waals surface area (Å²) in [5.41, 5.74) is 0.830. The van der Waals surface area contributed by atoms with Crippen molar-refractivity contribution in [3.63, 3.8) is 0 Å². The lowest BCUT2D eigenvalue weighted by Gasteiger charge is -2.47. The summed E-state index contributed by atoms with van der Waals surface area (Å²) >= 11 is 0. The van der Waals surface area contributed by atoms with Crippen molar-refractivity contribution in [2.24, 2.45) is 21.6 Å². The number of alkyl halides is 8. The van der Waals surface area contributed by atoms with Gasteiger partial charge in [-0.15, -0.1) is 0 Å². The third-order valence-corrected chi connectivity index (χ3v) is 14.5. The van der Waals surface area contributed by atoms with Gasteiger partial charge in [-0.25, -0.2) is 33.4 Å². The smallest absolute Gasteiger partial charge is 0.407 e. The molecule has 2 unspecified atom stereocenters. The fourth-order valence-electron chi connectivity index (χ4n) is 9.34. The van der Waals surface area contributed by atoms with Crippen LogP contribution in [0.2, 0.25) is 0 Å². The van der Waals surface area contributed by atoms with E-state index < -0.39 is 126 Å². The molecule has 2 bridgehead atoms. The molecule has 18 nitrogen and oxygen atoms in total. The van der Waals surface area contributed by atoms with E-state index in [1.807, 2.05) is 22.9 Å². The van der Waals surface area contributed by atoms with E-state index in [0.29, 0.717) is 86.5 Å². The van der Waals surface area contributed by atoms with E-state index in [1.54, 1.807) is 11.5 Å². The molecular weight excluding hydrogens is 1090 g/mol. The number of ether oxygens (including phenoxy) is 3. The molecule has 3 aliphatic heterocycles. The number of aromatic nitrogens is 1. The number of nitrogens with zero attached hydrogens (tertiary/aromatic N) is 5. The quantitative estimate of drug-likeness (QED) is 0.0253. The monoisotopic (exact) mass is 1160 g/mol. The number of likely N-dealkylation sites (tertiary alicyclic amines) is 1. The summed E-state index contributed by atoms with van der Waals surface area (Å²) in [6.07, 6.45) is -11.1. The molecule has 0 aliphatic carbocycles. The van der Waals surface area contributed by atoms with Crippen LogP contribution in [0.25, 0.3) is 5.57 Å². The van der Waals surface area contributed by atoms with E-state index in [9.17, 15) is 59.4 Å². The number of halogens is 10. The van der Waals surface area contributed by atoms with Gasteiger partial charge in [0.2, 0.25) is 5.91 Å². The standard InChI is InChI=1S/C53H62F10N10O8/c1-50(2,52(58,59)60)43(68-48(77)79-5)45(75)67-40(17-30-10-7-29(8-11-30)9-12-31-13-16-42(65-21-31)73-34-14-15-35(73)24-71(23-34)36-27-81-28-36)41(74)26-72(70-46(76)44(69-49(78)80-6)51(3,4)53(61,62)63)25-37-38(54)18-32(19-39(37)55)33(20-64)22-66-47(56)57/h7-8,10-11,13,16,18-22,34-36,40-41,43-44,47,74H,14-15,17,23-28,64H2,1-6H3,(H,67,75)(H,68,77)(H,69,78)(H,70,76)/b33-20+,66-22+/t34?,35?,40-,41-,43+,44+/m0/s1. The Morgan fingerprint density at radius 2 is 1.36 bits per heavy atom. The molecule has 4 heterocycles. The number of alkyl carbamates (subject to hydrolysis) is 2. The molecule has 7 N–H and O–H groups in total. The van der Waals surface area contributed by atoms with Crippen molar-refractivity contribution in [1.82, 2.24) is 36.3 Å². The second kappa shape index (κ2) is 26.1. The van der Waals surface area contributed by atoms with E-state index in [0.717, 1.165) is 59.2 Å². The van der Waals surface area contributed by atoms with E-state index in [-0.39, 0.29) is 5.56 Å². The number of hydrazine groups is 1. The molecule has 3 aromatic rings. The first-order valence-corrected chi connectivity index (χ1v) is 25.2. The zero-order valence-corrected chi connectivity index (χ0v) is 44.7. The molecule has 6 atom stereocenters. The second-order valence-electron chi connectivity index (χ2n) is 20.7. The van der Waals surface area contributed by atoms with E-state index in [4.69, 9.17) is 15.5 Å². The van der Waals surface area contributed by atoms with E-state index >= 15 is 8.78 Å². The summed E-state index contributed by atoms with van der Waals surface area (Å²) in [5.74, 6) is 0.698. The maximum absolute atomic E-state index is 16.0. The number of nitrogens with one attached hydrogen (secondary N) is 4. The molecule has 28 heteroatoms. The van der Waals surface area contributed by atoms with Crippen LogP contribution in [0.1, 0.15) is 68.4 Å².